The van der Waals surface area contributed by atoms with Gasteiger partial charge in [-0.05, 0) is 19.3 Å². The maximum Gasteiger partial charge on any atom is 0.325 e. The van der Waals surface area contributed by atoms with E-state index in [1.807, 2.05) is 0 Å². The molecule has 0 unspecified atom stereocenters. The first kappa shape index (κ1) is 10.9. The van der Waals surface area contributed by atoms with Gasteiger partial charge in [-0.3, -0.25) is 14.5 Å². The molecule has 0 aromatic heterocycles. The van der Waals surface area contributed by atoms with E-state index in [0.29, 0.717) is 0 Å². The lowest BCUT2D eigenvalue weighted by Gasteiger charge is -2.27. The molecule has 6 nitrogen and oxygen atoms in total. The second-order valence-electron chi connectivity index (χ2n) is 4.08. The van der Waals surface area contributed by atoms with Gasteiger partial charge in [0.05, 0.1) is 6.54 Å². The van der Waals surface area contributed by atoms with Crippen LogP contribution < -0.4 is 5.32 Å². The summed E-state index contributed by atoms with van der Waals surface area (Å²) in [5.74, 6) is -0.458. The van der Waals surface area contributed by atoms with Gasteiger partial charge in [0.25, 0.3) is 5.91 Å². The van der Waals surface area contributed by atoms with Crippen LogP contribution in [0.3, 0.4) is 0 Å². The monoisotopic (exact) mass is 225 g/mol. The van der Waals surface area contributed by atoms with Crippen molar-refractivity contribution in [2.45, 2.75) is 19.3 Å². The molecule has 2 heterocycles. The molecule has 2 saturated heterocycles. The Morgan fingerprint density at radius 2 is 1.88 bits per heavy atom. The minimum atomic E-state index is -0.463. The summed E-state index contributed by atoms with van der Waals surface area (Å²) in [6.07, 6.45) is 3.16. The maximum atomic E-state index is 11.8. The van der Waals surface area contributed by atoms with E-state index in [9.17, 15) is 14.4 Å². The van der Waals surface area contributed by atoms with E-state index < -0.39 is 6.03 Å². The van der Waals surface area contributed by atoms with Gasteiger partial charge < -0.3 is 10.2 Å². The van der Waals surface area contributed by atoms with Crippen molar-refractivity contribution >= 4 is 17.8 Å². The summed E-state index contributed by atoms with van der Waals surface area (Å²) in [5, 5.41) is 2.39. The Morgan fingerprint density at radius 1 is 1.19 bits per heavy atom. The Balaban J connectivity index is 1.90. The van der Waals surface area contributed by atoms with Gasteiger partial charge >= 0.3 is 6.03 Å². The molecule has 2 aliphatic heterocycles. The predicted molar refractivity (Wildman–Crippen MR) is 55.5 cm³/mol. The molecule has 4 amide bonds. The van der Waals surface area contributed by atoms with Crippen molar-refractivity contribution in [2.75, 3.05) is 26.2 Å². The predicted octanol–water partition coefficient (Wildman–Crippen LogP) is -0.449. The number of imide groups is 1. The van der Waals surface area contributed by atoms with E-state index >= 15 is 0 Å². The van der Waals surface area contributed by atoms with E-state index in [1.165, 1.54) is 0 Å². The van der Waals surface area contributed by atoms with Crippen molar-refractivity contribution in [1.82, 2.24) is 15.1 Å². The molecule has 0 saturated carbocycles. The molecule has 2 aliphatic rings. The highest BCUT2D eigenvalue weighted by Gasteiger charge is 2.31. The van der Waals surface area contributed by atoms with E-state index in [-0.39, 0.29) is 24.9 Å². The molecule has 6 heteroatoms. The first-order valence-corrected chi connectivity index (χ1v) is 5.54. The first-order valence-electron chi connectivity index (χ1n) is 5.54. The van der Waals surface area contributed by atoms with Gasteiger partial charge in [0.2, 0.25) is 5.91 Å². The highest BCUT2D eigenvalue weighted by molar-refractivity contribution is 6.04. The topological polar surface area (TPSA) is 69.7 Å². The zero-order chi connectivity index (χ0) is 11.5. The SMILES string of the molecule is O=C(CN1C(=O)CNC1=O)N1CCCCC1. The third-order valence-electron chi connectivity index (χ3n) is 2.94. The summed E-state index contributed by atoms with van der Waals surface area (Å²) in [6.45, 7) is 1.36. The summed E-state index contributed by atoms with van der Waals surface area (Å²) in [6, 6.07) is -0.463. The third kappa shape index (κ3) is 2.15. The third-order valence-corrected chi connectivity index (χ3v) is 2.94. The molecule has 0 aliphatic carbocycles. The van der Waals surface area contributed by atoms with Crippen molar-refractivity contribution in [3.8, 4) is 0 Å². The summed E-state index contributed by atoms with van der Waals surface area (Å²) in [7, 11) is 0. The maximum absolute atomic E-state index is 11.8. The van der Waals surface area contributed by atoms with Gasteiger partial charge in [-0.15, -0.1) is 0 Å². The van der Waals surface area contributed by atoms with Gasteiger partial charge in [-0.2, -0.15) is 0 Å². The molecular weight excluding hydrogens is 210 g/mol. The lowest BCUT2D eigenvalue weighted by molar-refractivity contribution is -0.137. The fourth-order valence-electron chi connectivity index (χ4n) is 1.99. The van der Waals surface area contributed by atoms with E-state index in [1.54, 1.807) is 4.90 Å². The normalized spacial score (nSPS) is 21.2. The highest BCUT2D eigenvalue weighted by atomic mass is 16.2. The minimum absolute atomic E-state index is 0.00606. The van der Waals surface area contributed by atoms with Crippen molar-refractivity contribution in [2.24, 2.45) is 0 Å². The van der Waals surface area contributed by atoms with Gasteiger partial charge in [0.1, 0.15) is 6.54 Å². The van der Waals surface area contributed by atoms with Crippen LogP contribution in [0, 0.1) is 0 Å². The average Bonchev–Trinajstić information content (AvgIpc) is 2.62. The molecule has 0 spiro atoms. The number of hydrogen-bond donors (Lipinski definition) is 1. The van der Waals surface area contributed by atoms with Gasteiger partial charge in [0.15, 0.2) is 0 Å². The van der Waals surface area contributed by atoms with Crippen LogP contribution in [0.1, 0.15) is 19.3 Å². The first-order chi connectivity index (χ1) is 7.68. The van der Waals surface area contributed by atoms with Crippen molar-refractivity contribution in [3.05, 3.63) is 0 Å². The zero-order valence-corrected chi connectivity index (χ0v) is 9.07. The van der Waals surface area contributed by atoms with E-state index in [4.69, 9.17) is 0 Å². The van der Waals surface area contributed by atoms with Crippen LogP contribution in [0.15, 0.2) is 0 Å². The lowest BCUT2D eigenvalue weighted by Crippen LogP contribution is -2.44. The number of hydrogen-bond acceptors (Lipinski definition) is 3. The Hall–Kier alpha value is -1.59. The molecule has 88 valence electrons. The number of nitrogens with one attached hydrogen (secondary N) is 1. The number of carbonyl (C=O) groups excluding carboxylic acids is 3. The van der Waals surface area contributed by atoms with Crippen LogP contribution in [0.4, 0.5) is 4.79 Å². The molecule has 16 heavy (non-hydrogen) atoms. The van der Waals surface area contributed by atoms with E-state index in [0.717, 1.165) is 37.3 Å². The largest absolute Gasteiger partial charge is 0.341 e. The van der Waals surface area contributed by atoms with Crippen molar-refractivity contribution < 1.29 is 14.4 Å². The average molecular weight is 225 g/mol. The Bertz CT molecular complexity index is 307. The van der Waals surface area contributed by atoms with Crippen molar-refractivity contribution in [3.63, 3.8) is 0 Å². The van der Waals surface area contributed by atoms with Crippen LogP contribution in [-0.4, -0.2) is 53.8 Å². The van der Waals surface area contributed by atoms with Crippen LogP contribution >= 0.6 is 0 Å². The van der Waals surface area contributed by atoms with Gasteiger partial charge in [-0.1, -0.05) is 0 Å². The fraction of sp³-hybridized carbons (Fsp3) is 0.700. The summed E-state index contributed by atoms with van der Waals surface area (Å²) in [4.78, 5) is 37.0. The van der Waals surface area contributed by atoms with Crippen LogP contribution in [0.5, 0.6) is 0 Å². The standard InChI is InChI=1S/C10H15N3O3/c14-8-6-11-10(16)13(8)7-9(15)12-4-2-1-3-5-12/h1-7H2,(H,11,16). The number of urea groups is 1. The van der Waals surface area contributed by atoms with Crippen LogP contribution in [0.2, 0.25) is 0 Å². The lowest BCUT2D eigenvalue weighted by atomic mass is 10.1. The number of likely N-dealkylation sites (tertiary alicyclic amines) is 1. The molecule has 1 N–H and O–H groups in total. The van der Waals surface area contributed by atoms with Crippen LogP contribution in [0.25, 0.3) is 0 Å². The molecule has 2 rings (SSSR count). The summed E-state index contributed by atoms with van der Waals surface area (Å²) in [5.41, 5.74) is 0. The number of rotatable bonds is 2. The smallest absolute Gasteiger partial charge is 0.325 e. The minimum Gasteiger partial charge on any atom is -0.341 e. The molecule has 2 fully saturated rings. The summed E-state index contributed by atoms with van der Waals surface area (Å²) >= 11 is 0. The Labute approximate surface area is 93.6 Å². The molecule has 0 aromatic rings. The second kappa shape index (κ2) is 4.51. The van der Waals surface area contributed by atoms with Crippen LogP contribution in [-0.2, 0) is 9.59 Å². The van der Waals surface area contributed by atoms with Gasteiger partial charge in [0, 0.05) is 13.1 Å². The van der Waals surface area contributed by atoms with Crippen molar-refractivity contribution in [1.29, 1.82) is 0 Å². The quantitative estimate of drug-likeness (QED) is 0.647. The number of piperidine rings is 1. The highest BCUT2D eigenvalue weighted by Crippen LogP contribution is 2.10. The molecule has 0 bridgehead atoms. The molecule has 0 atom stereocenters. The Kier molecular flexibility index (Phi) is 3.07. The number of carbonyl (C=O) groups is 3. The molecule has 0 radical (unpaired) electrons. The zero-order valence-electron chi connectivity index (χ0n) is 9.07. The Morgan fingerprint density at radius 3 is 2.44 bits per heavy atom. The van der Waals surface area contributed by atoms with Gasteiger partial charge in [-0.25, -0.2) is 4.79 Å². The fourth-order valence-corrected chi connectivity index (χ4v) is 1.99. The molecular formula is C10H15N3O3. The number of amides is 4. The second-order valence-corrected chi connectivity index (χ2v) is 4.08. The van der Waals surface area contributed by atoms with E-state index in [2.05, 4.69) is 5.32 Å². The number of nitrogens with zero attached hydrogens (tertiary/aromatic N) is 2. The summed E-state index contributed by atoms with van der Waals surface area (Å²) < 4.78 is 0. The molecule has 0 aromatic carbocycles.